The van der Waals surface area contributed by atoms with Crippen molar-refractivity contribution in [2.45, 2.75) is 82.7 Å². The fraction of sp³-hybridized carbons (Fsp3) is 0.500. The van der Waals surface area contributed by atoms with Gasteiger partial charge in [-0.05, 0) is 37.1 Å². The number of nitrogens with zero attached hydrogens (tertiary/aromatic N) is 1. The van der Waals surface area contributed by atoms with Crippen molar-refractivity contribution in [3.8, 4) is 0 Å². The average molecular weight is 659 g/mol. The first kappa shape index (κ1) is 38.6. The van der Waals surface area contributed by atoms with Crippen LogP contribution >= 0.6 is 23.2 Å². The Morgan fingerprint density at radius 1 is 0.841 bits per heavy atom. The Morgan fingerprint density at radius 2 is 1.32 bits per heavy atom. The number of aliphatic hydroxyl groups is 1. The number of rotatable bonds is 19. The van der Waals surface area contributed by atoms with Crippen molar-refractivity contribution in [1.82, 2.24) is 5.32 Å². The number of anilines is 1. The van der Waals surface area contributed by atoms with Crippen LogP contribution in [0.3, 0.4) is 0 Å². The normalized spacial score (nSPS) is 12.1. The maximum Gasteiger partial charge on any atom is 0.414 e. The lowest BCUT2D eigenvalue weighted by atomic mass is 9.91. The highest BCUT2D eigenvalue weighted by Crippen LogP contribution is 2.32. The van der Waals surface area contributed by atoms with E-state index in [-0.39, 0.29) is 11.3 Å². The lowest BCUT2D eigenvalue weighted by Crippen LogP contribution is -2.22. The maximum absolute atomic E-state index is 11.7. The molecular formula is C30H41Cl2N3O9. The van der Waals surface area contributed by atoms with E-state index in [0.717, 1.165) is 51.5 Å². The number of aliphatic carboxylic acids is 3. The Balaban J connectivity index is 0.00000146. The first-order valence-electron chi connectivity index (χ1n) is 14.4. The van der Waals surface area contributed by atoms with Crippen molar-refractivity contribution in [1.29, 1.82) is 0 Å². The van der Waals surface area contributed by atoms with E-state index in [9.17, 15) is 25.1 Å². The van der Waals surface area contributed by atoms with Crippen LogP contribution in [0, 0.1) is 10.1 Å². The molecule has 2 unspecified atom stereocenters. The first-order chi connectivity index (χ1) is 20.9. The summed E-state index contributed by atoms with van der Waals surface area (Å²) < 4.78 is 0. The third-order valence-corrected chi connectivity index (χ3v) is 7.54. The molecule has 0 bridgehead atoms. The summed E-state index contributed by atoms with van der Waals surface area (Å²) in [5.41, 5.74) is 6.85. The number of aliphatic hydroxyl groups excluding tert-OH is 1. The zero-order valence-corrected chi connectivity index (χ0v) is 25.9. The van der Waals surface area contributed by atoms with Crippen LogP contribution in [0.1, 0.15) is 93.8 Å². The molecule has 14 heteroatoms. The molecule has 0 aliphatic rings. The molecule has 0 aliphatic carbocycles. The zero-order valence-electron chi connectivity index (χ0n) is 24.4. The molecule has 0 aliphatic heterocycles. The summed E-state index contributed by atoms with van der Waals surface area (Å²) in [5, 5.41) is 49.8. The molecule has 2 aromatic rings. The van der Waals surface area contributed by atoms with Crippen LogP contribution < -0.4 is 11.1 Å². The van der Waals surface area contributed by atoms with Gasteiger partial charge in [-0.25, -0.2) is 9.59 Å². The number of halogens is 2. The number of carboxylic acids is 3. The molecule has 44 heavy (non-hydrogen) atoms. The monoisotopic (exact) mass is 657 g/mol. The van der Waals surface area contributed by atoms with Crippen LogP contribution in [0.25, 0.3) is 0 Å². The number of hydrogen-bond donors (Lipinski definition) is 6. The minimum Gasteiger partial charge on any atom is -0.481 e. The molecule has 12 nitrogen and oxygen atoms in total. The van der Waals surface area contributed by atoms with Crippen LogP contribution in [-0.4, -0.2) is 56.3 Å². The minimum atomic E-state index is -1.82. The van der Waals surface area contributed by atoms with Gasteiger partial charge in [-0.1, -0.05) is 99.2 Å². The van der Waals surface area contributed by atoms with Gasteiger partial charge in [-0.2, -0.15) is 0 Å². The maximum atomic E-state index is 11.7. The molecule has 2 atom stereocenters. The number of carbonyl (C=O) groups is 3. The second-order valence-corrected chi connectivity index (χ2v) is 11.1. The SMILES string of the molecule is Nc1c(Cl)cc(C(O)CNCCCCCCCCCCCCC(C(=O)O)c2ccccc2[N+](=O)[O-])cc1Cl.O=C(O)C(=O)O. The van der Waals surface area contributed by atoms with Crippen LogP contribution in [0.5, 0.6) is 0 Å². The summed E-state index contributed by atoms with van der Waals surface area (Å²) in [7, 11) is 0. The van der Waals surface area contributed by atoms with Gasteiger partial charge in [-0.15, -0.1) is 0 Å². The number of hydrogen-bond acceptors (Lipinski definition) is 8. The van der Waals surface area contributed by atoms with Crippen LogP contribution in [0.15, 0.2) is 36.4 Å². The summed E-state index contributed by atoms with van der Waals surface area (Å²) in [6.45, 7) is 1.25. The number of benzene rings is 2. The summed E-state index contributed by atoms with van der Waals surface area (Å²) >= 11 is 12.1. The third-order valence-electron chi connectivity index (χ3n) is 6.91. The molecule has 0 radical (unpaired) electrons. The van der Waals surface area contributed by atoms with E-state index in [4.69, 9.17) is 48.7 Å². The predicted octanol–water partition coefficient (Wildman–Crippen LogP) is 6.42. The molecular weight excluding hydrogens is 617 g/mol. The topological polar surface area (TPSA) is 213 Å². The number of nitrogens with one attached hydrogen (secondary N) is 1. The summed E-state index contributed by atoms with van der Waals surface area (Å²) in [5.74, 6) is -5.50. The smallest absolute Gasteiger partial charge is 0.414 e. The summed E-state index contributed by atoms with van der Waals surface area (Å²) in [6.07, 6.45) is 10.4. The molecule has 0 spiro atoms. The van der Waals surface area contributed by atoms with E-state index in [1.54, 1.807) is 30.3 Å². The molecule has 244 valence electrons. The van der Waals surface area contributed by atoms with Crippen molar-refractivity contribution in [2.75, 3.05) is 18.8 Å². The zero-order chi connectivity index (χ0) is 33.1. The number of unbranched alkanes of at least 4 members (excludes halogenated alkanes) is 9. The van der Waals surface area contributed by atoms with Crippen LogP contribution in [0.2, 0.25) is 10.0 Å². The molecule has 2 rings (SSSR count). The van der Waals surface area contributed by atoms with Gasteiger partial charge in [-0.3, -0.25) is 14.9 Å². The number of para-hydroxylation sites is 1. The Morgan fingerprint density at radius 3 is 1.80 bits per heavy atom. The van der Waals surface area contributed by atoms with Gasteiger partial charge in [0.25, 0.3) is 5.69 Å². The molecule has 0 aromatic heterocycles. The molecule has 0 saturated carbocycles. The quantitative estimate of drug-likeness (QED) is 0.0318. The van der Waals surface area contributed by atoms with Gasteiger partial charge in [0.15, 0.2) is 0 Å². The molecule has 0 heterocycles. The minimum absolute atomic E-state index is 0.123. The lowest BCUT2D eigenvalue weighted by molar-refractivity contribution is -0.385. The van der Waals surface area contributed by atoms with E-state index in [2.05, 4.69) is 5.32 Å². The number of nitro groups is 1. The highest BCUT2D eigenvalue weighted by atomic mass is 35.5. The van der Waals surface area contributed by atoms with Gasteiger partial charge in [0.1, 0.15) is 0 Å². The average Bonchev–Trinajstić information content (AvgIpc) is 2.97. The second-order valence-electron chi connectivity index (χ2n) is 10.3. The van der Waals surface area contributed by atoms with E-state index in [1.165, 1.54) is 25.3 Å². The molecule has 0 amide bonds. The van der Waals surface area contributed by atoms with Crippen molar-refractivity contribution >= 4 is 52.5 Å². The number of carboxylic acid groups (broad SMARTS) is 3. The Hall–Kier alpha value is -3.45. The van der Waals surface area contributed by atoms with Crippen molar-refractivity contribution < 1.29 is 39.7 Å². The van der Waals surface area contributed by atoms with Crippen LogP contribution in [-0.2, 0) is 14.4 Å². The largest absolute Gasteiger partial charge is 0.481 e. The van der Waals surface area contributed by atoms with Crippen molar-refractivity contribution in [2.24, 2.45) is 0 Å². The van der Waals surface area contributed by atoms with E-state index in [1.807, 2.05) is 0 Å². The van der Waals surface area contributed by atoms with E-state index < -0.39 is 34.9 Å². The standard InChI is InChI=1S/C28H39Cl2N3O5.C2H2O4/c29-23-17-20(18-24(30)27(23)31)26(34)19-32-16-12-8-6-4-2-1-3-5-7-9-14-22(28(35)36)21-13-10-11-15-25(21)33(37)38;3-1(4)2(5)6/h10-11,13,15,17-18,22,26,32,34H,1-9,12,14,16,19,31H2,(H,35,36);(H,3,4)(H,5,6). The molecule has 0 saturated heterocycles. The van der Waals surface area contributed by atoms with Gasteiger partial charge in [0, 0.05) is 18.2 Å². The number of nitro benzene ring substituents is 1. The molecule has 0 fully saturated rings. The van der Waals surface area contributed by atoms with E-state index >= 15 is 0 Å². The highest BCUT2D eigenvalue weighted by molar-refractivity contribution is 6.38. The summed E-state index contributed by atoms with van der Waals surface area (Å²) in [4.78, 5) is 40.6. The lowest BCUT2D eigenvalue weighted by Gasteiger charge is -2.14. The van der Waals surface area contributed by atoms with Crippen molar-refractivity contribution in [3.05, 3.63) is 67.7 Å². The molecule has 7 N–H and O–H groups in total. The highest BCUT2D eigenvalue weighted by Gasteiger charge is 2.26. The fourth-order valence-electron chi connectivity index (χ4n) is 4.53. The van der Waals surface area contributed by atoms with Crippen LogP contribution in [0.4, 0.5) is 11.4 Å². The number of nitrogen functional groups attached to an aromatic ring is 1. The Kier molecular flexibility index (Phi) is 18.7. The third kappa shape index (κ3) is 14.8. The first-order valence-corrected chi connectivity index (χ1v) is 15.2. The van der Waals surface area contributed by atoms with Gasteiger partial charge >= 0.3 is 17.9 Å². The van der Waals surface area contributed by atoms with Crippen molar-refractivity contribution in [3.63, 3.8) is 0 Å². The second kappa shape index (κ2) is 21.3. The fourth-order valence-corrected chi connectivity index (χ4v) is 5.03. The Labute approximate surface area is 266 Å². The Bertz CT molecular complexity index is 1190. The van der Waals surface area contributed by atoms with Gasteiger partial charge < -0.3 is 31.5 Å². The number of nitrogens with two attached hydrogens (primary N) is 1. The molecule has 2 aromatic carbocycles. The van der Waals surface area contributed by atoms with Gasteiger partial charge in [0.05, 0.1) is 32.7 Å². The van der Waals surface area contributed by atoms with Gasteiger partial charge in [0.2, 0.25) is 0 Å². The van der Waals surface area contributed by atoms with E-state index in [0.29, 0.717) is 34.3 Å². The summed E-state index contributed by atoms with van der Waals surface area (Å²) in [6, 6.07) is 9.39. The predicted molar refractivity (Wildman–Crippen MR) is 168 cm³/mol.